The van der Waals surface area contributed by atoms with Crippen molar-refractivity contribution in [1.82, 2.24) is 0 Å². The summed E-state index contributed by atoms with van der Waals surface area (Å²) in [7, 11) is 1.58. The van der Waals surface area contributed by atoms with E-state index in [0.717, 1.165) is 11.1 Å². The number of hydrogen-bond donors (Lipinski definition) is 0. The Balaban J connectivity index is 1.71. The van der Waals surface area contributed by atoms with Crippen molar-refractivity contribution in [1.29, 1.82) is 0 Å². The number of aryl methyl sites for hydroxylation is 1. The number of carbonyl (C=O) groups excluding carboxylic acids is 1. The summed E-state index contributed by atoms with van der Waals surface area (Å²) in [5.41, 5.74) is 2.87. The summed E-state index contributed by atoms with van der Waals surface area (Å²) in [6.07, 6.45) is 1.67. The number of nitrogens with zero attached hydrogens (tertiary/aromatic N) is 1. The van der Waals surface area contributed by atoms with Crippen molar-refractivity contribution in [3.63, 3.8) is 0 Å². The van der Waals surface area contributed by atoms with Gasteiger partial charge >= 0.3 is 0 Å². The molecule has 1 aliphatic heterocycles. The molecule has 0 N–H and O–H groups in total. The molecule has 6 nitrogen and oxygen atoms in total. The lowest BCUT2D eigenvalue weighted by molar-refractivity contribution is 0.0971. The van der Waals surface area contributed by atoms with Gasteiger partial charge in [-0.15, -0.1) is 0 Å². The highest BCUT2D eigenvalue weighted by Gasteiger charge is 2.43. The molecule has 170 valence electrons. The van der Waals surface area contributed by atoms with E-state index in [0.29, 0.717) is 40.3 Å². The van der Waals surface area contributed by atoms with Crippen LogP contribution in [0.25, 0.3) is 11.0 Å². The van der Waals surface area contributed by atoms with Crippen LogP contribution in [0.4, 0.5) is 5.69 Å². The fourth-order valence-electron chi connectivity index (χ4n) is 4.31. The fraction of sp³-hybridized carbons (Fsp3) is 0.143. The van der Waals surface area contributed by atoms with E-state index in [1.165, 1.54) is 0 Å². The molecule has 0 bridgehead atoms. The van der Waals surface area contributed by atoms with Crippen molar-refractivity contribution in [3.05, 3.63) is 112 Å². The van der Waals surface area contributed by atoms with E-state index >= 15 is 0 Å². The number of fused-ring (bicyclic) bond motifs is 2. The molecule has 2 heterocycles. The molecule has 5 rings (SSSR count). The first kappa shape index (κ1) is 21.5. The predicted octanol–water partition coefficient (Wildman–Crippen LogP) is 5.42. The number of rotatable bonds is 6. The molecule has 3 aromatic carbocycles. The number of benzene rings is 3. The maximum Gasteiger partial charge on any atom is 0.295 e. The van der Waals surface area contributed by atoms with Crippen LogP contribution in [0, 0.1) is 6.92 Å². The van der Waals surface area contributed by atoms with Crippen LogP contribution >= 0.6 is 0 Å². The van der Waals surface area contributed by atoms with E-state index in [1.807, 2.05) is 37.3 Å². The van der Waals surface area contributed by atoms with E-state index in [4.69, 9.17) is 13.9 Å². The average Bonchev–Trinajstić information content (AvgIpc) is 3.16. The molecule has 1 aliphatic rings. The van der Waals surface area contributed by atoms with Gasteiger partial charge in [-0.2, -0.15) is 0 Å². The molecule has 0 aliphatic carbocycles. The van der Waals surface area contributed by atoms with Gasteiger partial charge < -0.3 is 13.9 Å². The van der Waals surface area contributed by atoms with Gasteiger partial charge in [0.2, 0.25) is 5.76 Å². The maximum atomic E-state index is 13.7. The first-order valence-corrected chi connectivity index (χ1v) is 10.9. The Morgan fingerprint density at radius 3 is 2.38 bits per heavy atom. The molecule has 1 atom stereocenters. The molecule has 1 amide bonds. The second-order valence-electron chi connectivity index (χ2n) is 8.12. The molecule has 0 fully saturated rings. The second kappa shape index (κ2) is 8.56. The van der Waals surface area contributed by atoms with Crippen molar-refractivity contribution in [2.24, 2.45) is 0 Å². The largest absolute Gasteiger partial charge is 0.497 e. The zero-order valence-corrected chi connectivity index (χ0v) is 18.9. The Labute approximate surface area is 196 Å². The number of hydrogen-bond acceptors (Lipinski definition) is 5. The first-order valence-electron chi connectivity index (χ1n) is 10.9. The minimum Gasteiger partial charge on any atom is -0.497 e. The SMILES string of the molecule is C=CCOc1ccc(C2c3c(oc4ccc(C)cc4c3=O)C(=O)N2c2ccc(OC)cc2)cc1. The topological polar surface area (TPSA) is 69.0 Å². The van der Waals surface area contributed by atoms with E-state index in [2.05, 4.69) is 6.58 Å². The molecule has 4 aromatic rings. The molecule has 1 aromatic heterocycles. The van der Waals surface area contributed by atoms with Gasteiger partial charge in [-0.1, -0.05) is 36.4 Å². The molecule has 0 radical (unpaired) electrons. The normalized spacial score (nSPS) is 14.8. The van der Waals surface area contributed by atoms with E-state index in [9.17, 15) is 9.59 Å². The number of methoxy groups -OCH3 is 1. The summed E-state index contributed by atoms with van der Waals surface area (Å²) >= 11 is 0. The Morgan fingerprint density at radius 1 is 1.00 bits per heavy atom. The van der Waals surface area contributed by atoms with Gasteiger partial charge in [0.05, 0.1) is 24.1 Å². The van der Waals surface area contributed by atoms with Gasteiger partial charge in [0.25, 0.3) is 5.91 Å². The summed E-state index contributed by atoms with van der Waals surface area (Å²) in [4.78, 5) is 28.9. The lowest BCUT2D eigenvalue weighted by Gasteiger charge is -2.25. The molecular weight excluding hydrogens is 430 g/mol. The zero-order valence-electron chi connectivity index (χ0n) is 18.9. The van der Waals surface area contributed by atoms with Gasteiger partial charge in [-0.25, -0.2) is 0 Å². The highest BCUT2D eigenvalue weighted by molar-refractivity contribution is 6.10. The summed E-state index contributed by atoms with van der Waals surface area (Å²) in [6.45, 7) is 5.97. The van der Waals surface area contributed by atoms with Gasteiger partial charge in [-0.3, -0.25) is 14.5 Å². The predicted molar refractivity (Wildman–Crippen MR) is 131 cm³/mol. The Morgan fingerprint density at radius 2 is 1.71 bits per heavy atom. The van der Waals surface area contributed by atoms with Crippen LogP contribution in [0.2, 0.25) is 0 Å². The third-order valence-corrected chi connectivity index (χ3v) is 5.94. The van der Waals surface area contributed by atoms with Crippen molar-refractivity contribution in [3.8, 4) is 11.5 Å². The third kappa shape index (κ3) is 3.53. The monoisotopic (exact) mass is 453 g/mol. The molecule has 0 saturated carbocycles. The summed E-state index contributed by atoms with van der Waals surface area (Å²) in [6, 6.07) is 19.3. The molecular formula is C28H23NO5. The fourth-order valence-corrected chi connectivity index (χ4v) is 4.31. The number of amides is 1. The lowest BCUT2D eigenvalue weighted by Crippen LogP contribution is -2.29. The molecule has 34 heavy (non-hydrogen) atoms. The van der Waals surface area contributed by atoms with Crippen molar-refractivity contribution < 1.29 is 18.7 Å². The van der Waals surface area contributed by atoms with E-state index in [1.54, 1.807) is 54.5 Å². The van der Waals surface area contributed by atoms with Crippen LogP contribution in [0.1, 0.15) is 33.3 Å². The maximum absolute atomic E-state index is 13.7. The van der Waals surface area contributed by atoms with E-state index < -0.39 is 6.04 Å². The van der Waals surface area contributed by atoms with Crippen LogP contribution in [-0.2, 0) is 0 Å². The number of carbonyl (C=O) groups is 1. The summed E-state index contributed by atoms with van der Waals surface area (Å²) < 4.78 is 16.9. The Hall–Kier alpha value is -4.32. The van der Waals surface area contributed by atoms with Crippen LogP contribution in [0.3, 0.4) is 0 Å². The summed E-state index contributed by atoms with van der Waals surface area (Å²) in [5.74, 6) is 1.04. The van der Waals surface area contributed by atoms with Crippen LogP contribution in [-0.4, -0.2) is 19.6 Å². The van der Waals surface area contributed by atoms with Gasteiger partial charge in [0, 0.05) is 5.69 Å². The van der Waals surface area contributed by atoms with Crippen LogP contribution in [0.5, 0.6) is 11.5 Å². The van der Waals surface area contributed by atoms with Gasteiger partial charge in [0.15, 0.2) is 5.43 Å². The Kier molecular flexibility index (Phi) is 5.42. The van der Waals surface area contributed by atoms with Crippen LogP contribution in [0.15, 0.2) is 88.6 Å². The third-order valence-electron chi connectivity index (χ3n) is 5.94. The smallest absolute Gasteiger partial charge is 0.295 e. The standard InChI is InChI=1S/C28H23NO5/c1-4-15-33-21-10-6-18(7-11-21)25-24-26(30)22-16-17(2)5-14-23(22)34-27(24)28(31)29(25)19-8-12-20(32-3)13-9-19/h4-14,16,25H,1,15H2,2-3H3. The van der Waals surface area contributed by atoms with E-state index in [-0.39, 0.29) is 17.1 Å². The molecule has 1 unspecified atom stereocenters. The molecule has 6 heteroatoms. The van der Waals surface area contributed by atoms with Crippen molar-refractivity contribution in [2.45, 2.75) is 13.0 Å². The van der Waals surface area contributed by atoms with Gasteiger partial charge in [0.1, 0.15) is 23.7 Å². The van der Waals surface area contributed by atoms with Crippen molar-refractivity contribution in [2.75, 3.05) is 18.6 Å². The zero-order chi connectivity index (χ0) is 23.8. The van der Waals surface area contributed by atoms with Crippen LogP contribution < -0.4 is 19.8 Å². The highest BCUT2D eigenvalue weighted by atomic mass is 16.5. The quantitative estimate of drug-likeness (QED) is 0.365. The Bertz CT molecular complexity index is 1450. The number of anilines is 1. The highest BCUT2D eigenvalue weighted by Crippen LogP contribution is 2.42. The average molecular weight is 453 g/mol. The molecule has 0 spiro atoms. The van der Waals surface area contributed by atoms with Gasteiger partial charge in [-0.05, 0) is 61.0 Å². The summed E-state index contributed by atoms with van der Waals surface area (Å²) in [5, 5.41) is 0.457. The minimum atomic E-state index is -0.648. The second-order valence-corrected chi connectivity index (χ2v) is 8.12. The first-order chi connectivity index (χ1) is 16.5. The molecule has 0 saturated heterocycles. The lowest BCUT2D eigenvalue weighted by atomic mass is 9.97. The van der Waals surface area contributed by atoms with Crippen molar-refractivity contribution >= 4 is 22.6 Å². The minimum absolute atomic E-state index is 0.0640. The number of ether oxygens (including phenoxy) is 2.